The number of fused-ring (bicyclic) bond motifs is 1. The van der Waals surface area contributed by atoms with Crippen molar-refractivity contribution in [3.8, 4) is 40.1 Å². The summed E-state index contributed by atoms with van der Waals surface area (Å²) in [6.45, 7) is -0.847. The minimum atomic E-state index is -1.76. The summed E-state index contributed by atoms with van der Waals surface area (Å²) in [4.78, 5) is 13.2. The molecule has 3 aromatic rings. The lowest BCUT2D eigenvalue weighted by molar-refractivity contribution is -0.243. The summed E-state index contributed by atoms with van der Waals surface area (Å²) in [7, 11) is 0. The van der Waals surface area contributed by atoms with E-state index < -0.39 is 102 Å². The van der Waals surface area contributed by atoms with Crippen molar-refractivity contribution in [2.45, 2.75) is 49.2 Å². The van der Waals surface area contributed by atoms with E-state index in [0.717, 1.165) is 24.3 Å². The molecule has 5 rings (SSSR count). The van der Waals surface area contributed by atoms with E-state index in [0.29, 0.717) is 0 Å². The number of aliphatic hydroxyl groups excluding tert-OH is 6. The molecule has 2 aliphatic heterocycles. The standard InChI is InChI=1S/C25H26O15/c26-9-2-1-8(3-10(9)27)14-4-11(28)17-20(33)15(39-24-21(34)18(31)12(29)6-36-24)5-16(23(17)38-14)40-25-22(35)19(32)13(30)7-37-25/h1-5,12-13,18-19,21-22,24-27,29-35H,6-7H2/t12-,13-,18+,19-,21-,22+,24+,25-/m0/s1. The Morgan fingerprint density at radius 3 is 1.85 bits per heavy atom. The first-order chi connectivity index (χ1) is 19.0. The van der Waals surface area contributed by atoms with E-state index in [1.54, 1.807) is 0 Å². The van der Waals surface area contributed by atoms with E-state index in [1.807, 2.05) is 0 Å². The van der Waals surface area contributed by atoms with Gasteiger partial charge < -0.3 is 69.3 Å². The van der Waals surface area contributed by atoms with Crippen molar-refractivity contribution in [1.29, 1.82) is 0 Å². The molecule has 0 amide bonds. The second-order valence-corrected chi connectivity index (χ2v) is 9.34. The van der Waals surface area contributed by atoms with E-state index in [1.165, 1.54) is 6.07 Å². The van der Waals surface area contributed by atoms with Crippen molar-refractivity contribution >= 4 is 11.0 Å². The number of aliphatic hydroxyl groups is 6. The molecule has 3 heterocycles. The van der Waals surface area contributed by atoms with Crippen LogP contribution in [-0.4, -0.2) is 108 Å². The molecule has 0 spiro atoms. The third kappa shape index (κ3) is 5.00. The van der Waals surface area contributed by atoms with Gasteiger partial charge in [0.15, 0.2) is 39.8 Å². The van der Waals surface area contributed by atoms with Crippen LogP contribution in [0.5, 0.6) is 28.7 Å². The Morgan fingerprint density at radius 1 is 0.700 bits per heavy atom. The van der Waals surface area contributed by atoms with E-state index >= 15 is 0 Å². The summed E-state index contributed by atoms with van der Waals surface area (Å²) in [5, 5.41) is 90.0. The van der Waals surface area contributed by atoms with E-state index in [9.17, 15) is 50.8 Å². The Bertz CT molecular complexity index is 1450. The third-order valence-electron chi connectivity index (χ3n) is 6.56. The maximum absolute atomic E-state index is 13.2. The van der Waals surface area contributed by atoms with Crippen LogP contribution in [-0.2, 0) is 9.47 Å². The fourth-order valence-electron chi connectivity index (χ4n) is 4.28. The highest BCUT2D eigenvalue weighted by Crippen LogP contribution is 2.43. The van der Waals surface area contributed by atoms with Gasteiger partial charge in [0, 0.05) is 17.7 Å². The molecule has 2 aromatic carbocycles. The molecule has 40 heavy (non-hydrogen) atoms. The van der Waals surface area contributed by atoms with Crippen LogP contribution in [0.15, 0.2) is 39.5 Å². The van der Waals surface area contributed by atoms with E-state index in [4.69, 9.17) is 23.4 Å². The molecule has 2 aliphatic rings. The summed E-state index contributed by atoms with van der Waals surface area (Å²) in [6, 6.07) is 5.58. The maximum Gasteiger partial charge on any atom is 0.229 e. The average molecular weight is 566 g/mol. The first-order valence-corrected chi connectivity index (χ1v) is 12.0. The smallest absolute Gasteiger partial charge is 0.229 e. The number of phenolic OH excluding ortho intramolecular Hbond substituents is 3. The molecule has 0 bridgehead atoms. The van der Waals surface area contributed by atoms with Crippen LogP contribution in [0.3, 0.4) is 0 Å². The zero-order chi connectivity index (χ0) is 28.9. The SMILES string of the molecule is O=c1cc(-c2ccc(O)c(O)c2)oc2c(O[C@@H]3OC[C@H](O)[C@H](O)[C@H]3O)cc(O[C@H]3OC[C@H](O)[C@@H](O)[C@@H]3O)c(O)c12. The summed E-state index contributed by atoms with van der Waals surface area (Å²) >= 11 is 0. The summed E-state index contributed by atoms with van der Waals surface area (Å²) in [5.41, 5.74) is -1.08. The van der Waals surface area contributed by atoms with E-state index in [2.05, 4.69) is 0 Å². The van der Waals surface area contributed by atoms with Crippen molar-refractivity contribution in [1.82, 2.24) is 0 Å². The second-order valence-electron chi connectivity index (χ2n) is 9.34. The Hall–Kier alpha value is -3.67. The normalized spacial score (nSPS) is 30.8. The molecule has 0 aliphatic carbocycles. The zero-order valence-electron chi connectivity index (χ0n) is 20.4. The fraction of sp³-hybridized carbons (Fsp3) is 0.400. The number of phenols is 3. The first kappa shape index (κ1) is 27.9. The Kier molecular flexibility index (Phi) is 7.47. The minimum absolute atomic E-state index is 0.130. The van der Waals surface area contributed by atoms with Crippen LogP contribution in [0, 0.1) is 0 Å². The van der Waals surface area contributed by atoms with Crippen LogP contribution in [0.25, 0.3) is 22.3 Å². The van der Waals surface area contributed by atoms with Gasteiger partial charge in [-0.3, -0.25) is 4.79 Å². The van der Waals surface area contributed by atoms with Crippen LogP contribution in [0.1, 0.15) is 0 Å². The Morgan fingerprint density at radius 2 is 1.27 bits per heavy atom. The van der Waals surface area contributed by atoms with Gasteiger partial charge in [-0.2, -0.15) is 0 Å². The highest BCUT2D eigenvalue weighted by molar-refractivity contribution is 5.92. The average Bonchev–Trinajstić information content (AvgIpc) is 2.92. The van der Waals surface area contributed by atoms with Gasteiger partial charge in [-0.1, -0.05) is 0 Å². The second kappa shape index (κ2) is 10.7. The number of hydrogen-bond acceptors (Lipinski definition) is 15. The molecule has 15 heteroatoms. The zero-order valence-corrected chi connectivity index (χ0v) is 20.4. The molecule has 9 N–H and O–H groups in total. The largest absolute Gasteiger partial charge is 0.504 e. The van der Waals surface area contributed by atoms with Crippen LogP contribution in [0.2, 0.25) is 0 Å². The summed E-state index contributed by atoms with van der Waals surface area (Å²) in [5.74, 6) is -2.72. The molecule has 2 saturated heterocycles. The van der Waals surface area contributed by atoms with Crippen molar-refractivity contribution in [2.75, 3.05) is 13.2 Å². The number of ether oxygens (including phenoxy) is 4. The van der Waals surface area contributed by atoms with Gasteiger partial charge in [-0.05, 0) is 18.2 Å². The van der Waals surface area contributed by atoms with Gasteiger partial charge in [0.25, 0.3) is 0 Å². The van der Waals surface area contributed by atoms with Gasteiger partial charge in [-0.25, -0.2) is 0 Å². The van der Waals surface area contributed by atoms with Gasteiger partial charge in [0.2, 0.25) is 12.6 Å². The maximum atomic E-state index is 13.2. The van der Waals surface area contributed by atoms with Gasteiger partial charge in [0.05, 0.1) is 13.2 Å². The fourth-order valence-corrected chi connectivity index (χ4v) is 4.28. The van der Waals surface area contributed by atoms with E-state index in [-0.39, 0.29) is 17.1 Å². The highest BCUT2D eigenvalue weighted by Gasteiger charge is 2.41. The van der Waals surface area contributed by atoms with Crippen molar-refractivity contribution in [3.63, 3.8) is 0 Å². The topological polar surface area (TPSA) is 249 Å². The number of benzene rings is 2. The predicted octanol–water partition coefficient (Wildman–Crippen LogP) is -1.79. The van der Waals surface area contributed by atoms with Crippen molar-refractivity contribution in [2.24, 2.45) is 0 Å². The molecular weight excluding hydrogens is 540 g/mol. The molecule has 0 unspecified atom stereocenters. The van der Waals surface area contributed by atoms with Crippen LogP contribution >= 0.6 is 0 Å². The van der Waals surface area contributed by atoms with Gasteiger partial charge >= 0.3 is 0 Å². The van der Waals surface area contributed by atoms with Crippen molar-refractivity contribution in [3.05, 3.63) is 40.6 Å². The summed E-state index contributed by atoms with van der Waals surface area (Å²) in [6.07, 6.45) is -12.8. The quantitative estimate of drug-likeness (QED) is 0.155. The third-order valence-corrected chi connectivity index (χ3v) is 6.56. The first-order valence-electron chi connectivity index (χ1n) is 12.0. The molecular formula is C25H26O15. The number of hydrogen-bond donors (Lipinski definition) is 9. The van der Waals surface area contributed by atoms with Gasteiger partial charge in [0.1, 0.15) is 47.8 Å². The lowest BCUT2D eigenvalue weighted by atomic mass is 10.1. The van der Waals surface area contributed by atoms with Crippen molar-refractivity contribution < 1.29 is 69.3 Å². The summed E-state index contributed by atoms with van der Waals surface area (Å²) < 4.78 is 27.5. The molecule has 216 valence electrons. The minimum Gasteiger partial charge on any atom is -0.504 e. The molecule has 15 nitrogen and oxygen atoms in total. The van der Waals surface area contributed by atoms with Crippen LogP contribution < -0.4 is 14.9 Å². The highest BCUT2D eigenvalue weighted by atomic mass is 16.7. The molecule has 0 saturated carbocycles. The predicted molar refractivity (Wildman–Crippen MR) is 130 cm³/mol. The number of rotatable bonds is 5. The monoisotopic (exact) mass is 566 g/mol. The number of aromatic hydroxyl groups is 3. The molecule has 0 radical (unpaired) electrons. The molecule has 1 aromatic heterocycles. The lowest BCUT2D eigenvalue weighted by Crippen LogP contribution is -2.55. The lowest BCUT2D eigenvalue weighted by Gasteiger charge is -2.36. The molecule has 2 fully saturated rings. The van der Waals surface area contributed by atoms with Gasteiger partial charge in [-0.15, -0.1) is 0 Å². The van der Waals surface area contributed by atoms with Crippen LogP contribution in [0.4, 0.5) is 0 Å². The molecule has 8 atom stereocenters. The Labute approximate surface area is 223 Å². The Balaban J connectivity index is 1.62.